The summed E-state index contributed by atoms with van der Waals surface area (Å²) in [6, 6.07) is 8.56. The number of carbonyl (C=O) groups is 1. The Labute approximate surface area is 132 Å². The Morgan fingerprint density at radius 1 is 1.09 bits per heavy atom. The van der Waals surface area contributed by atoms with E-state index < -0.39 is 0 Å². The van der Waals surface area contributed by atoms with E-state index in [9.17, 15) is 4.79 Å². The van der Waals surface area contributed by atoms with Crippen LogP contribution < -0.4 is 4.90 Å². The van der Waals surface area contributed by atoms with Gasteiger partial charge in [0.1, 0.15) is 6.10 Å². The first-order chi connectivity index (χ1) is 10.6. The zero-order chi connectivity index (χ0) is 15.5. The van der Waals surface area contributed by atoms with Crippen molar-refractivity contribution >= 4 is 11.8 Å². The van der Waals surface area contributed by atoms with Crippen molar-refractivity contribution in [3.63, 3.8) is 0 Å². The van der Waals surface area contributed by atoms with E-state index in [1.165, 1.54) is 11.3 Å². The van der Waals surface area contributed by atoms with Gasteiger partial charge in [-0.05, 0) is 32.5 Å². The number of hydrogen-bond donors (Lipinski definition) is 0. The zero-order valence-electron chi connectivity index (χ0n) is 13.5. The molecule has 2 aliphatic heterocycles. The molecule has 1 aromatic carbocycles. The van der Waals surface area contributed by atoms with Gasteiger partial charge in [-0.25, -0.2) is 4.79 Å². The van der Waals surface area contributed by atoms with E-state index in [2.05, 4.69) is 48.0 Å². The summed E-state index contributed by atoms with van der Waals surface area (Å²) in [4.78, 5) is 18.6. The smallest absolute Gasteiger partial charge is 0.410 e. The lowest BCUT2D eigenvalue weighted by atomic mass is 10.2. The van der Waals surface area contributed by atoms with Crippen LogP contribution in [-0.2, 0) is 4.74 Å². The van der Waals surface area contributed by atoms with Crippen LogP contribution in [0.3, 0.4) is 0 Å². The molecule has 0 saturated carbocycles. The largest absolute Gasteiger partial charge is 0.445 e. The second kappa shape index (κ2) is 6.57. The highest BCUT2D eigenvalue weighted by molar-refractivity contribution is 5.68. The number of aryl methyl sites for hydroxylation is 1. The second-order valence-electron chi connectivity index (χ2n) is 6.37. The molecule has 3 rings (SSSR count). The van der Waals surface area contributed by atoms with Gasteiger partial charge < -0.3 is 19.4 Å². The summed E-state index contributed by atoms with van der Waals surface area (Å²) >= 11 is 0. The summed E-state index contributed by atoms with van der Waals surface area (Å²) in [5.41, 5.74) is 2.50. The van der Waals surface area contributed by atoms with Crippen molar-refractivity contribution in [1.82, 2.24) is 9.80 Å². The summed E-state index contributed by atoms with van der Waals surface area (Å²) in [5, 5.41) is 0. The second-order valence-corrected chi connectivity index (χ2v) is 6.37. The van der Waals surface area contributed by atoms with Gasteiger partial charge in [-0.2, -0.15) is 0 Å². The maximum absolute atomic E-state index is 12.2. The molecular weight excluding hydrogens is 278 g/mol. The van der Waals surface area contributed by atoms with E-state index in [0.29, 0.717) is 0 Å². The quantitative estimate of drug-likeness (QED) is 0.837. The van der Waals surface area contributed by atoms with Crippen LogP contribution in [0.15, 0.2) is 24.3 Å². The van der Waals surface area contributed by atoms with Gasteiger partial charge in [0, 0.05) is 45.0 Å². The summed E-state index contributed by atoms with van der Waals surface area (Å²) in [5.74, 6) is 0. The molecule has 5 nitrogen and oxygen atoms in total. The van der Waals surface area contributed by atoms with E-state index >= 15 is 0 Å². The molecule has 0 bridgehead atoms. The number of rotatable bonds is 2. The molecule has 1 amide bonds. The highest BCUT2D eigenvalue weighted by atomic mass is 16.6. The average Bonchev–Trinajstić information content (AvgIpc) is 2.93. The van der Waals surface area contributed by atoms with E-state index in [1.54, 1.807) is 0 Å². The molecule has 22 heavy (non-hydrogen) atoms. The fraction of sp³-hybridized carbons (Fsp3) is 0.588. The molecule has 2 fully saturated rings. The molecule has 1 aromatic rings. The van der Waals surface area contributed by atoms with Gasteiger partial charge in [-0.15, -0.1) is 0 Å². The number of likely N-dealkylation sites (N-methyl/N-ethyl adjacent to an activating group) is 1. The third-order valence-electron chi connectivity index (χ3n) is 4.55. The van der Waals surface area contributed by atoms with Crippen LogP contribution in [0.1, 0.15) is 12.0 Å². The summed E-state index contributed by atoms with van der Waals surface area (Å²) in [6.07, 6.45) is 0.863. The lowest BCUT2D eigenvalue weighted by molar-refractivity contribution is 0.0653. The van der Waals surface area contributed by atoms with Crippen LogP contribution in [0, 0.1) is 6.92 Å². The van der Waals surface area contributed by atoms with E-state index in [0.717, 1.165) is 45.7 Å². The van der Waals surface area contributed by atoms with Crippen molar-refractivity contribution in [3.05, 3.63) is 29.8 Å². The molecular formula is C17H25N3O2. The first kappa shape index (κ1) is 15.2. The van der Waals surface area contributed by atoms with Gasteiger partial charge in [-0.1, -0.05) is 17.7 Å². The number of anilines is 1. The number of nitrogens with zero attached hydrogens (tertiary/aromatic N) is 3. The van der Waals surface area contributed by atoms with Crippen molar-refractivity contribution in [2.45, 2.75) is 19.4 Å². The van der Waals surface area contributed by atoms with Crippen molar-refractivity contribution in [2.24, 2.45) is 0 Å². The first-order valence-corrected chi connectivity index (χ1v) is 8.07. The Morgan fingerprint density at radius 2 is 1.77 bits per heavy atom. The van der Waals surface area contributed by atoms with E-state index in [1.807, 2.05) is 4.90 Å². The molecule has 2 saturated heterocycles. The van der Waals surface area contributed by atoms with Gasteiger partial charge in [0.05, 0.1) is 0 Å². The van der Waals surface area contributed by atoms with Gasteiger partial charge in [-0.3, -0.25) is 0 Å². The van der Waals surface area contributed by atoms with Gasteiger partial charge in [0.2, 0.25) is 0 Å². The minimum atomic E-state index is -0.149. The fourth-order valence-corrected chi connectivity index (χ4v) is 3.11. The highest BCUT2D eigenvalue weighted by Crippen LogP contribution is 2.18. The van der Waals surface area contributed by atoms with Crippen LogP contribution >= 0.6 is 0 Å². The summed E-state index contributed by atoms with van der Waals surface area (Å²) < 4.78 is 5.60. The lowest BCUT2D eigenvalue weighted by Gasteiger charge is -2.36. The zero-order valence-corrected chi connectivity index (χ0v) is 13.5. The van der Waals surface area contributed by atoms with Crippen molar-refractivity contribution in [2.75, 3.05) is 51.2 Å². The molecule has 0 spiro atoms. The van der Waals surface area contributed by atoms with Crippen LogP contribution in [0.25, 0.3) is 0 Å². The molecule has 0 radical (unpaired) electrons. The SMILES string of the molecule is Cc1ccc(N2CCN(C(=O)O[C@H]3CCN(C)C3)CC2)cc1. The molecule has 0 aromatic heterocycles. The number of benzene rings is 1. The number of hydrogen-bond acceptors (Lipinski definition) is 4. The lowest BCUT2D eigenvalue weighted by Crippen LogP contribution is -2.49. The number of likely N-dealkylation sites (tertiary alicyclic amines) is 1. The maximum atomic E-state index is 12.2. The number of piperazine rings is 1. The van der Waals surface area contributed by atoms with Crippen LogP contribution in [-0.4, -0.2) is 68.3 Å². The third kappa shape index (κ3) is 3.53. The van der Waals surface area contributed by atoms with E-state index in [4.69, 9.17) is 4.74 Å². The molecule has 0 unspecified atom stereocenters. The average molecular weight is 303 g/mol. The molecule has 0 N–H and O–H groups in total. The Morgan fingerprint density at radius 3 is 2.36 bits per heavy atom. The van der Waals surface area contributed by atoms with Gasteiger partial charge >= 0.3 is 6.09 Å². The highest BCUT2D eigenvalue weighted by Gasteiger charge is 2.27. The summed E-state index contributed by atoms with van der Waals surface area (Å²) in [6.45, 7) is 7.16. The molecule has 1 atom stereocenters. The van der Waals surface area contributed by atoms with Crippen molar-refractivity contribution in [3.8, 4) is 0 Å². The monoisotopic (exact) mass is 303 g/mol. The molecule has 5 heteroatoms. The van der Waals surface area contributed by atoms with Crippen LogP contribution in [0.4, 0.5) is 10.5 Å². The Bertz CT molecular complexity index is 509. The number of ether oxygens (including phenoxy) is 1. The predicted octanol–water partition coefficient (Wildman–Crippen LogP) is 1.96. The molecule has 2 heterocycles. The van der Waals surface area contributed by atoms with Crippen molar-refractivity contribution in [1.29, 1.82) is 0 Å². The minimum absolute atomic E-state index is 0.0626. The van der Waals surface area contributed by atoms with Gasteiger partial charge in [0.25, 0.3) is 0 Å². The maximum Gasteiger partial charge on any atom is 0.410 e. The van der Waals surface area contributed by atoms with Crippen molar-refractivity contribution < 1.29 is 9.53 Å². The molecule has 120 valence electrons. The fourth-order valence-electron chi connectivity index (χ4n) is 3.11. The molecule has 2 aliphatic rings. The van der Waals surface area contributed by atoms with E-state index in [-0.39, 0.29) is 12.2 Å². The van der Waals surface area contributed by atoms with Crippen LogP contribution in [0.5, 0.6) is 0 Å². The Balaban J connectivity index is 1.48. The third-order valence-corrected chi connectivity index (χ3v) is 4.55. The number of carbonyl (C=O) groups excluding carboxylic acids is 1. The first-order valence-electron chi connectivity index (χ1n) is 8.07. The standard InChI is InChI=1S/C17H25N3O2/c1-14-3-5-15(6-4-14)19-9-11-20(12-10-19)17(21)22-16-7-8-18(2)13-16/h3-6,16H,7-13H2,1-2H3/t16-/m0/s1. The molecule has 0 aliphatic carbocycles. The normalized spacial score (nSPS) is 22.9. The number of amides is 1. The Kier molecular flexibility index (Phi) is 4.52. The minimum Gasteiger partial charge on any atom is -0.445 e. The topological polar surface area (TPSA) is 36.0 Å². The summed E-state index contributed by atoms with van der Waals surface area (Å²) in [7, 11) is 2.06. The Hall–Kier alpha value is -1.75. The van der Waals surface area contributed by atoms with Gasteiger partial charge in [0.15, 0.2) is 0 Å². The predicted molar refractivity (Wildman–Crippen MR) is 87.3 cm³/mol. The van der Waals surface area contributed by atoms with Crippen LogP contribution in [0.2, 0.25) is 0 Å².